The second-order valence-electron chi connectivity index (χ2n) is 17.0. The molecule has 1 aromatic heterocycles. The third-order valence-corrected chi connectivity index (χ3v) is 13.4. The van der Waals surface area contributed by atoms with Crippen LogP contribution >= 0.6 is 0 Å². The Balaban J connectivity index is 1.18. The van der Waals surface area contributed by atoms with E-state index in [2.05, 4.69) is 20.3 Å². The van der Waals surface area contributed by atoms with Crippen LogP contribution in [0.5, 0.6) is 5.75 Å². The molecular weight excluding hydrogens is 772 g/mol. The first kappa shape index (κ1) is 41.1. The highest BCUT2D eigenvalue weighted by Gasteiger charge is 2.63. The molecule has 3 aliphatic heterocycles. The van der Waals surface area contributed by atoms with Gasteiger partial charge in [0.2, 0.25) is 21.8 Å². The van der Waals surface area contributed by atoms with Crippen molar-refractivity contribution in [2.24, 2.45) is 17.8 Å². The van der Waals surface area contributed by atoms with E-state index in [-0.39, 0.29) is 55.3 Å². The predicted molar refractivity (Wildman–Crippen MR) is 209 cm³/mol. The van der Waals surface area contributed by atoms with Crippen molar-refractivity contribution in [1.82, 2.24) is 30.1 Å². The third-order valence-electron chi connectivity index (χ3n) is 11.6. The second-order valence-corrected chi connectivity index (χ2v) is 19.0. The van der Waals surface area contributed by atoms with E-state index in [9.17, 15) is 36.8 Å². The number of carbonyl (C=O) groups excluding carboxylic acids is 5. The number of methoxy groups -OCH3 is 1. The zero-order valence-electron chi connectivity index (χ0n) is 33.2. The van der Waals surface area contributed by atoms with Gasteiger partial charge in [-0.2, -0.15) is 0 Å². The van der Waals surface area contributed by atoms with Crippen molar-refractivity contribution in [2.75, 3.05) is 26.7 Å². The summed E-state index contributed by atoms with van der Waals surface area (Å²) >= 11 is 0. The molecule has 312 valence electrons. The first-order chi connectivity index (χ1) is 27.5. The van der Waals surface area contributed by atoms with E-state index >= 15 is 0 Å². The maximum Gasteiger partial charge on any atom is 0.408 e. The number of fused-ring (bicyclic) bond motifs is 4. The number of halogens is 1. The van der Waals surface area contributed by atoms with Crippen molar-refractivity contribution < 1.29 is 46.3 Å². The topological polar surface area (TPSA) is 193 Å². The molecule has 17 heteroatoms. The predicted octanol–water partition coefficient (Wildman–Crippen LogP) is 3.69. The fraction of sp³-hybridized carbons (Fsp3) is 0.561. The quantitative estimate of drug-likeness (QED) is 0.347. The lowest BCUT2D eigenvalue weighted by molar-refractivity contribution is -0.142. The fourth-order valence-corrected chi connectivity index (χ4v) is 9.75. The molecule has 4 heterocycles. The highest BCUT2D eigenvalue weighted by atomic mass is 32.2. The highest BCUT2D eigenvalue weighted by Crippen LogP contribution is 2.47. The van der Waals surface area contributed by atoms with Gasteiger partial charge in [-0.1, -0.05) is 31.1 Å². The molecular formula is C41H51FN6O9S. The van der Waals surface area contributed by atoms with Crippen molar-refractivity contribution in [3.63, 3.8) is 0 Å². The highest BCUT2D eigenvalue weighted by molar-refractivity contribution is 7.91. The van der Waals surface area contributed by atoms with Gasteiger partial charge in [-0.3, -0.25) is 23.9 Å². The maximum atomic E-state index is 15.0. The number of hydrogen-bond acceptors (Lipinski definition) is 10. The van der Waals surface area contributed by atoms with E-state index in [4.69, 9.17) is 9.47 Å². The lowest BCUT2D eigenvalue weighted by atomic mass is 9.93. The van der Waals surface area contributed by atoms with Crippen molar-refractivity contribution in [1.29, 1.82) is 0 Å². The number of rotatable bonds is 7. The summed E-state index contributed by atoms with van der Waals surface area (Å²) in [5.74, 6) is -4.11. The van der Waals surface area contributed by atoms with Crippen LogP contribution in [0.2, 0.25) is 0 Å². The van der Waals surface area contributed by atoms with Crippen LogP contribution in [-0.4, -0.2) is 108 Å². The van der Waals surface area contributed by atoms with Crippen molar-refractivity contribution in [2.45, 2.75) is 101 Å². The summed E-state index contributed by atoms with van der Waals surface area (Å²) in [7, 11) is -2.51. The monoisotopic (exact) mass is 822 g/mol. The van der Waals surface area contributed by atoms with Crippen molar-refractivity contribution in [3.8, 4) is 17.0 Å². The van der Waals surface area contributed by atoms with Crippen molar-refractivity contribution >= 4 is 39.7 Å². The number of benzene rings is 1. The van der Waals surface area contributed by atoms with Gasteiger partial charge in [0.1, 0.15) is 40.5 Å². The lowest BCUT2D eigenvalue weighted by Gasteiger charge is -2.33. The minimum Gasteiger partial charge on any atom is -0.497 e. The lowest BCUT2D eigenvalue weighted by Crippen LogP contribution is -2.60. The minimum absolute atomic E-state index is 0.0525. The summed E-state index contributed by atoms with van der Waals surface area (Å²) in [6.45, 7) is 5.43. The number of hydrogen-bond donors (Lipinski definition) is 3. The number of likely N-dealkylation sites (tertiary alicyclic amines) is 1. The molecule has 1 aromatic carbocycles. The van der Waals surface area contributed by atoms with Gasteiger partial charge in [-0.05, 0) is 83.6 Å². The average molecular weight is 823 g/mol. The van der Waals surface area contributed by atoms with Gasteiger partial charge in [0.15, 0.2) is 0 Å². The number of alkyl carbamates (subject to hydrolysis) is 1. The molecule has 6 atom stereocenters. The van der Waals surface area contributed by atoms with Crippen LogP contribution in [0.3, 0.4) is 0 Å². The molecule has 5 aliphatic rings. The van der Waals surface area contributed by atoms with Gasteiger partial charge in [0, 0.05) is 49.0 Å². The number of nitrogens with zero attached hydrogens (tertiary/aromatic N) is 3. The summed E-state index contributed by atoms with van der Waals surface area (Å²) in [6, 6.07) is 6.87. The molecule has 2 aliphatic carbocycles. The van der Waals surface area contributed by atoms with E-state index in [0.29, 0.717) is 31.4 Å². The van der Waals surface area contributed by atoms with Crippen LogP contribution in [0, 0.1) is 23.6 Å². The van der Waals surface area contributed by atoms with Crippen LogP contribution in [0.15, 0.2) is 48.6 Å². The number of amides is 5. The molecule has 0 bridgehead atoms. The van der Waals surface area contributed by atoms with Gasteiger partial charge < -0.3 is 29.9 Å². The maximum absolute atomic E-state index is 15.0. The van der Waals surface area contributed by atoms with Crippen LogP contribution in [0.1, 0.15) is 82.6 Å². The van der Waals surface area contributed by atoms with E-state index < -0.39 is 85.9 Å². The number of sulfonamides is 1. The van der Waals surface area contributed by atoms with Gasteiger partial charge in [-0.15, -0.1) is 0 Å². The first-order valence-corrected chi connectivity index (χ1v) is 21.5. The largest absolute Gasteiger partial charge is 0.497 e. The normalized spacial score (nSPS) is 28.1. The summed E-state index contributed by atoms with van der Waals surface area (Å²) in [5.41, 5.74) is -1.91. The molecule has 15 nitrogen and oxygen atoms in total. The smallest absolute Gasteiger partial charge is 0.408 e. The summed E-state index contributed by atoms with van der Waals surface area (Å²) < 4.78 is 53.6. The minimum atomic E-state index is -3.94. The zero-order chi connectivity index (χ0) is 41.6. The van der Waals surface area contributed by atoms with E-state index in [1.807, 2.05) is 12.2 Å². The molecule has 5 amide bonds. The van der Waals surface area contributed by atoms with Gasteiger partial charge in [0.05, 0.1) is 18.1 Å². The molecule has 0 unspecified atom stereocenters. The number of carbonyl (C=O) groups is 5. The Morgan fingerprint density at radius 2 is 1.79 bits per heavy atom. The van der Waals surface area contributed by atoms with Gasteiger partial charge >= 0.3 is 6.09 Å². The molecule has 2 saturated carbocycles. The molecule has 2 saturated heterocycles. The molecule has 0 spiro atoms. The Bertz CT molecular complexity index is 2120. The SMILES string of the molecule is COc1ccc(-c2cccc(C(=O)N3C[C@H]4CN5C(=O)[C@@H](NC(=O)OC(C)(C)C)CCCCC/C=C\[C@H]6C[C@@]6(C(=O)NS(=O)(=O)C6CC6)NC(=O)[C@@H]5[C@H]4C3)n2)c(F)c1. The van der Waals surface area contributed by atoms with Gasteiger partial charge in [-0.25, -0.2) is 22.6 Å². The number of aromatic nitrogens is 1. The van der Waals surface area contributed by atoms with E-state index in [0.717, 1.165) is 12.8 Å². The zero-order valence-corrected chi connectivity index (χ0v) is 34.0. The Labute approximate surface area is 337 Å². The first-order valence-electron chi connectivity index (χ1n) is 19.9. The molecule has 3 N–H and O–H groups in total. The Hall–Kier alpha value is -5.06. The molecule has 2 aromatic rings. The fourth-order valence-electron chi connectivity index (χ4n) is 8.38. The van der Waals surface area contributed by atoms with Crippen LogP contribution < -0.4 is 20.1 Å². The van der Waals surface area contributed by atoms with Crippen molar-refractivity contribution in [3.05, 3.63) is 60.1 Å². The summed E-state index contributed by atoms with van der Waals surface area (Å²) in [6.07, 6.45) is 7.10. The standard InChI is InChI=1S/C41H51FN6O9S/c1-40(2,3)57-39(53)44-33-12-9-7-5-6-8-11-25-20-41(25,38(52)46-58(54,55)27-16-17-27)45-35(49)34-29-23-47(21-24(29)22-48(34)37(33)51)36(50)32-14-10-13-31(43-32)28-18-15-26(56-4)19-30(28)42/h8,10-11,13-15,18-19,24-25,27,29,33-34H,5-7,9,12,16-17,20-23H2,1-4H3,(H,44,53)(H,45,49)(H,46,52)/b11-8-/t24-,25-,29-,33-,34-,41+/m0/s1. The van der Waals surface area contributed by atoms with E-state index in [1.54, 1.807) is 43.9 Å². The molecule has 4 fully saturated rings. The molecule has 0 radical (unpaired) electrons. The number of allylic oxidation sites excluding steroid dienone is 1. The third kappa shape index (κ3) is 8.69. The average Bonchev–Trinajstić information content (AvgIpc) is 4.06. The van der Waals surface area contributed by atoms with Crippen LogP contribution in [0.4, 0.5) is 9.18 Å². The summed E-state index contributed by atoms with van der Waals surface area (Å²) in [4.78, 5) is 77.6. The number of ether oxygens (including phenoxy) is 2. The second kappa shape index (κ2) is 15.9. The Morgan fingerprint density at radius 1 is 1.02 bits per heavy atom. The summed E-state index contributed by atoms with van der Waals surface area (Å²) in [5, 5.41) is 4.97. The number of pyridine rings is 1. The van der Waals surface area contributed by atoms with Gasteiger partial charge in [0.25, 0.3) is 11.8 Å². The van der Waals surface area contributed by atoms with E-state index in [1.165, 1.54) is 30.2 Å². The molecule has 58 heavy (non-hydrogen) atoms. The Morgan fingerprint density at radius 3 is 2.50 bits per heavy atom. The number of nitrogens with one attached hydrogen (secondary N) is 3. The Kier molecular flexibility index (Phi) is 11.3. The van der Waals surface area contributed by atoms with Crippen LogP contribution in [-0.2, 0) is 29.1 Å². The van der Waals surface area contributed by atoms with Crippen LogP contribution in [0.25, 0.3) is 11.3 Å². The molecule has 7 rings (SSSR count).